The lowest BCUT2D eigenvalue weighted by Crippen LogP contribution is -2.42. The van der Waals surface area contributed by atoms with Gasteiger partial charge < -0.3 is 20.1 Å². The number of hydrogen-bond acceptors (Lipinski definition) is 4. The molecule has 1 fully saturated rings. The van der Waals surface area contributed by atoms with Crippen LogP contribution in [0.2, 0.25) is 0 Å². The van der Waals surface area contributed by atoms with E-state index in [4.69, 9.17) is 15.2 Å². The lowest BCUT2D eigenvalue weighted by molar-refractivity contribution is 0.0680. The monoisotopic (exact) mass is 354 g/mol. The van der Waals surface area contributed by atoms with Crippen LogP contribution in [0.15, 0.2) is 16.6 Å². The summed E-state index contributed by atoms with van der Waals surface area (Å²) in [4.78, 5) is 14.5. The summed E-state index contributed by atoms with van der Waals surface area (Å²) in [7, 11) is 0. The fourth-order valence-corrected chi connectivity index (χ4v) is 3.46. The van der Waals surface area contributed by atoms with E-state index in [0.717, 1.165) is 30.4 Å². The average molecular weight is 355 g/mol. The predicted molar refractivity (Wildman–Crippen MR) is 82.5 cm³/mol. The zero-order valence-electron chi connectivity index (χ0n) is 12.0. The second-order valence-electron chi connectivity index (χ2n) is 5.68. The third kappa shape index (κ3) is 2.87. The van der Waals surface area contributed by atoms with Gasteiger partial charge >= 0.3 is 0 Å². The van der Waals surface area contributed by atoms with E-state index in [2.05, 4.69) is 15.9 Å². The van der Waals surface area contributed by atoms with Crippen molar-refractivity contribution in [3.8, 4) is 11.5 Å². The lowest BCUT2D eigenvalue weighted by Gasteiger charge is -2.33. The van der Waals surface area contributed by atoms with Gasteiger partial charge in [0.25, 0.3) is 5.91 Å². The van der Waals surface area contributed by atoms with Gasteiger partial charge in [0, 0.05) is 24.7 Å². The Kier molecular flexibility index (Phi) is 4.08. The molecule has 2 aliphatic rings. The number of benzene rings is 1. The minimum absolute atomic E-state index is 0.0390. The first kappa shape index (κ1) is 14.7. The van der Waals surface area contributed by atoms with Crippen LogP contribution in [0, 0.1) is 5.92 Å². The molecule has 6 heteroatoms. The second-order valence-corrected chi connectivity index (χ2v) is 6.53. The molecule has 1 unspecified atom stereocenters. The van der Waals surface area contributed by atoms with E-state index >= 15 is 0 Å². The van der Waals surface area contributed by atoms with Crippen LogP contribution in [0.3, 0.4) is 0 Å². The summed E-state index contributed by atoms with van der Waals surface area (Å²) < 4.78 is 11.5. The zero-order valence-corrected chi connectivity index (χ0v) is 13.6. The number of nitrogens with zero attached hydrogens (tertiary/aromatic N) is 1. The third-order valence-electron chi connectivity index (χ3n) is 4.24. The molecule has 0 spiro atoms. The van der Waals surface area contributed by atoms with E-state index in [0.29, 0.717) is 23.0 Å². The molecule has 1 atom stereocenters. The Labute approximate surface area is 132 Å². The van der Waals surface area contributed by atoms with Crippen LogP contribution in [0.5, 0.6) is 11.5 Å². The number of nitrogens with two attached hydrogens (primary N) is 1. The number of carbonyl (C=O) groups excluding carboxylic acids is 1. The van der Waals surface area contributed by atoms with Crippen molar-refractivity contribution in [2.75, 3.05) is 19.9 Å². The molecular formula is C15H19BrN2O3. The summed E-state index contributed by atoms with van der Waals surface area (Å²) in [5.74, 6) is 1.84. The van der Waals surface area contributed by atoms with Crippen molar-refractivity contribution in [3.63, 3.8) is 0 Å². The zero-order chi connectivity index (χ0) is 15.0. The van der Waals surface area contributed by atoms with E-state index in [1.54, 1.807) is 12.1 Å². The maximum Gasteiger partial charge on any atom is 0.254 e. The van der Waals surface area contributed by atoms with Crippen LogP contribution in [0.1, 0.15) is 30.1 Å². The Bertz CT molecular complexity index is 554. The number of rotatable bonds is 2. The van der Waals surface area contributed by atoms with Crippen molar-refractivity contribution in [2.24, 2.45) is 11.7 Å². The van der Waals surface area contributed by atoms with E-state index in [-0.39, 0.29) is 18.7 Å². The Morgan fingerprint density at radius 2 is 2.10 bits per heavy atom. The van der Waals surface area contributed by atoms with E-state index in [1.165, 1.54) is 0 Å². The molecule has 0 aromatic heterocycles. The van der Waals surface area contributed by atoms with E-state index in [1.807, 2.05) is 11.8 Å². The summed E-state index contributed by atoms with van der Waals surface area (Å²) in [6.07, 6.45) is 1.93. The summed E-state index contributed by atoms with van der Waals surface area (Å²) >= 11 is 3.43. The number of fused-ring (bicyclic) bond motifs is 1. The van der Waals surface area contributed by atoms with Crippen LogP contribution in [-0.4, -0.2) is 36.7 Å². The van der Waals surface area contributed by atoms with Gasteiger partial charge in [-0.1, -0.05) is 0 Å². The SMILES string of the molecule is CC(N)C1CCN(C(=O)c2cc(Br)c3c(c2)OCO3)CC1. The van der Waals surface area contributed by atoms with Gasteiger partial charge in [-0.3, -0.25) is 4.79 Å². The summed E-state index contributed by atoms with van der Waals surface area (Å²) in [5, 5.41) is 0. The summed E-state index contributed by atoms with van der Waals surface area (Å²) in [5.41, 5.74) is 6.57. The Morgan fingerprint density at radius 1 is 1.38 bits per heavy atom. The smallest absolute Gasteiger partial charge is 0.254 e. The summed E-state index contributed by atoms with van der Waals surface area (Å²) in [6, 6.07) is 3.75. The molecule has 0 radical (unpaired) electrons. The van der Waals surface area contributed by atoms with E-state index < -0.39 is 0 Å². The van der Waals surface area contributed by atoms with Gasteiger partial charge in [0.15, 0.2) is 11.5 Å². The largest absolute Gasteiger partial charge is 0.454 e. The quantitative estimate of drug-likeness (QED) is 0.885. The van der Waals surface area contributed by atoms with Gasteiger partial charge in [-0.25, -0.2) is 0 Å². The third-order valence-corrected chi connectivity index (χ3v) is 4.83. The molecule has 21 heavy (non-hydrogen) atoms. The molecule has 1 amide bonds. The molecule has 1 aromatic rings. The fraction of sp³-hybridized carbons (Fsp3) is 0.533. The molecule has 2 N–H and O–H groups in total. The molecule has 114 valence electrons. The molecule has 2 heterocycles. The molecule has 0 bridgehead atoms. The molecule has 3 rings (SSSR count). The first-order chi connectivity index (χ1) is 10.1. The molecule has 0 saturated carbocycles. The van der Waals surface area contributed by atoms with Crippen molar-refractivity contribution < 1.29 is 14.3 Å². The lowest BCUT2D eigenvalue weighted by atomic mass is 9.90. The van der Waals surface area contributed by atoms with Crippen LogP contribution < -0.4 is 15.2 Å². The number of likely N-dealkylation sites (tertiary alicyclic amines) is 1. The van der Waals surface area contributed by atoms with Crippen molar-refractivity contribution in [1.29, 1.82) is 0 Å². The van der Waals surface area contributed by atoms with Crippen molar-refractivity contribution in [3.05, 3.63) is 22.2 Å². The van der Waals surface area contributed by atoms with Gasteiger partial charge in [-0.2, -0.15) is 0 Å². The van der Waals surface area contributed by atoms with Crippen LogP contribution in [0.25, 0.3) is 0 Å². The summed E-state index contributed by atoms with van der Waals surface area (Å²) in [6.45, 7) is 3.76. The number of amides is 1. The molecule has 1 aromatic carbocycles. The predicted octanol–water partition coefficient (Wildman–Crippen LogP) is 2.38. The Hall–Kier alpha value is -1.27. The van der Waals surface area contributed by atoms with Gasteiger partial charge in [0.1, 0.15) is 0 Å². The Morgan fingerprint density at radius 3 is 2.76 bits per heavy atom. The molecule has 2 aliphatic heterocycles. The molecule has 5 nitrogen and oxygen atoms in total. The molecule has 1 saturated heterocycles. The highest BCUT2D eigenvalue weighted by Crippen LogP contribution is 2.40. The first-order valence-corrected chi connectivity index (χ1v) is 7.99. The average Bonchev–Trinajstić information content (AvgIpc) is 2.95. The highest BCUT2D eigenvalue weighted by Gasteiger charge is 2.27. The number of carbonyl (C=O) groups is 1. The molecular weight excluding hydrogens is 336 g/mol. The van der Waals surface area contributed by atoms with Crippen molar-refractivity contribution in [2.45, 2.75) is 25.8 Å². The van der Waals surface area contributed by atoms with E-state index in [9.17, 15) is 4.79 Å². The van der Waals surface area contributed by atoms with Gasteiger partial charge in [0.05, 0.1) is 4.47 Å². The Balaban J connectivity index is 1.73. The second kappa shape index (κ2) is 5.85. The maximum atomic E-state index is 12.6. The fourth-order valence-electron chi connectivity index (χ4n) is 2.90. The highest BCUT2D eigenvalue weighted by atomic mass is 79.9. The van der Waals surface area contributed by atoms with Gasteiger partial charge in [-0.05, 0) is 53.7 Å². The van der Waals surface area contributed by atoms with Crippen LogP contribution in [-0.2, 0) is 0 Å². The van der Waals surface area contributed by atoms with Crippen LogP contribution in [0.4, 0.5) is 0 Å². The topological polar surface area (TPSA) is 64.8 Å². The minimum atomic E-state index is 0.0390. The normalized spacial score (nSPS) is 19.7. The van der Waals surface area contributed by atoms with Gasteiger partial charge in [0.2, 0.25) is 6.79 Å². The standard InChI is InChI=1S/C15H19BrN2O3/c1-9(17)10-2-4-18(5-3-10)15(19)11-6-12(16)14-13(7-11)20-8-21-14/h6-7,9-10H,2-5,8,17H2,1H3. The van der Waals surface area contributed by atoms with Crippen LogP contribution >= 0.6 is 15.9 Å². The molecule has 0 aliphatic carbocycles. The number of halogens is 1. The highest BCUT2D eigenvalue weighted by molar-refractivity contribution is 9.10. The van der Waals surface area contributed by atoms with Crippen molar-refractivity contribution in [1.82, 2.24) is 4.90 Å². The first-order valence-electron chi connectivity index (χ1n) is 7.20. The minimum Gasteiger partial charge on any atom is -0.454 e. The number of hydrogen-bond donors (Lipinski definition) is 1. The maximum absolute atomic E-state index is 12.6. The van der Waals surface area contributed by atoms with Gasteiger partial charge in [-0.15, -0.1) is 0 Å². The van der Waals surface area contributed by atoms with Crippen molar-refractivity contribution >= 4 is 21.8 Å². The number of piperidine rings is 1. The number of ether oxygens (including phenoxy) is 2.